The summed E-state index contributed by atoms with van der Waals surface area (Å²) in [5, 5.41) is 4.96. The van der Waals surface area contributed by atoms with Gasteiger partial charge in [-0.3, -0.25) is 0 Å². The molecule has 0 N–H and O–H groups in total. The molecule has 11 aromatic carbocycles. The standard InChI is InChI=1S/C63H42/c1-4-18-43(19-5-1)46-22-16-24-49(40-46)61-55-30-10-11-31-56(55)62(50-25-17-23-47(41-50)44-20-6-2-7-21-44)58-42-48(36-39-57(58)61)45-34-37-52(38-35-45)63(51-26-8-3-9-27-51)59-32-14-12-28-53(59)54-29-13-15-33-60(54)63/h1-42H. The van der Waals surface area contributed by atoms with Crippen molar-refractivity contribution in [3.05, 3.63) is 277 Å². The summed E-state index contributed by atoms with van der Waals surface area (Å²) in [5.41, 5.74) is 19.5. The van der Waals surface area contributed by atoms with Crippen LogP contribution in [0.4, 0.5) is 0 Å². The molecule has 12 rings (SSSR count). The monoisotopic (exact) mass is 798 g/mol. The van der Waals surface area contributed by atoms with Crippen LogP contribution in [-0.2, 0) is 5.41 Å². The van der Waals surface area contributed by atoms with Gasteiger partial charge < -0.3 is 0 Å². The maximum atomic E-state index is 2.44. The SMILES string of the molecule is c1ccc(-c2cccc(-c3c4ccccc4c(-c4cccc(-c5ccccc5)c4)c4cc(-c5ccc(C6(c7ccccc7)c7ccccc7-c7ccccc76)cc5)ccc34)c2)cc1. The Kier molecular flexibility index (Phi) is 8.83. The molecule has 294 valence electrons. The number of hydrogen-bond acceptors (Lipinski definition) is 0. The van der Waals surface area contributed by atoms with Crippen LogP contribution >= 0.6 is 0 Å². The first-order chi connectivity index (χ1) is 31.3. The van der Waals surface area contributed by atoms with Gasteiger partial charge in [0.1, 0.15) is 0 Å². The molecule has 0 spiro atoms. The Balaban J connectivity index is 1.08. The molecule has 0 aliphatic heterocycles. The zero-order chi connectivity index (χ0) is 41.7. The summed E-state index contributed by atoms with van der Waals surface area (Å²) in [5.74, 6) is 0. The number of rotatable bonds is 7. The summed E-state index contributed by atoms with van der Waals surface area (Å²) in [6.07, 6.45) is 0. The highest BCUT2D eigenvalue weighted by Gasteiger charge is 2.45. The van der Waals surface area contributed by atoms with Crippen LogP contribution in [0.1, 0.15) is 22.3 Å². The summed E-state index contributed by atoms with van der Waals surface area (Å²) in [7, 11) is 0. The van der Waals surface area contributed by atoms with E-state index in [9.17, 15) is 0 Å². The van der Waals surface area contributed by atoms with Crippen molar-refractivity contribution >= 4 is 21.5 Å². The second-order valence-electron chi connectivity index (χ2n) is 16.7. The van der Waals surface area contributed by atoms with Gasteiger partial charge >= 0.3 is 0 Å². The molecule has 0 atom stereocenters. The predicted molar refractivity (Wildman–Crippen MR) is 266 cm³/mol. The molecule has 0 saturated heterocycles. The minimum Gasteiger partial charge on any atom is -0.0622 e. The second kappa shape index (κ2) is 15.1. The van der Waals surface area contributed by atoms with Crippen LogP contribution < -0.4 is 0 Å². The third kappa shape index (κ3) is 5.98. The molecule has 0 bridgehead atoms. The zero-order valence-corrected chi connectivity index (χ0v) is 34.7. The van der Waals surface area contributed by atoms with E-state index in [0.29, 0.717) is 0 Å². The highest BCUT2D eigenvalue weighted by atomic mass is 14.5. The largest absolute Gasteiger partial charge is 0.0713 e. The molecule has 1 aliphatic rings. The van der Waals surface area contributed by atoms with Crippen LogP contribution in [0, 0.1) is 0 Å². The van der Waals surface area contributed by atoms with Gasteiger partial charge in [-0.05, 0) is 129 Å². The zero-order valence-electron chi connectivity index (χ0n) is 34.7. The van der Waals surface area contributed by atoms with Crippen LogP contribution in [0.15, 0.2) is 255 Å². The molecule has 0 saturated carbocycles. The Bertz CT molecular complexity index is 3430. The average Bonchev–Trinajstić information content (AvgIpc) is 3.67. The van der Waals surface area contributed by atoms with Crippen LogP contribution in [0.5, 0.6) is 0 Å². The van der Waals surface area contributed by atoms with Crippen LogP contribution in [0.3, 0.4) is 0 Å². The van der Waals surface area contributed by atoms with E-state index in [4.69, 9.17) is 0 Å². The van der Waals surface area contributed by atoms with E-state index >= 15 is 0 Å². The molecule has 0 radical (unpaired) electrons. The lowest BCUT2D eigenvalue weighted by Crippen LogP contribution is -2.28. The summed E-state index contributed by atoms with van der Waals surface area (Å²) >= 11 is 0. The predicted octanol–water partition coefficient (Wildman–Crippen LogP) is 16.7. The van der Waals surface area contributed by atoms with Gasteiger partial charge in [-0.15, -0.1) is 0 Å². The van der Waals surface area contributed by atoms with Crippen molar-refractivity contribution in [3.8, 4) is 66.8 Å². The van der Waals surface area contributed by atoms with E-state index < -0.39 is 5.41 Å². The third-order valence-corrected chi connectivity index (χ3v) is 13.4. The molecule has 0 fully saturated rings. The van der Waals surface area contributed by atoms with Crippen molar-refractivity contribution in [2.45, 2.75) is 5.41 Å². The molecule has 0 heterocycles. The lowest BCUT2D eigenvalue weighted by molar-refractivity contribution is 0.768. The van der Waals surface area contributed by atoms with Crippen LogP contribution in [-0.4, -0.2) is 0 Å². The van der Waals surface area contributed by atoms with Gasteiger partial charge in [0, 0.05) is 0 Å². The van der Waals surface area contributed by atoms with Crippen molar-refractivity contribution < 1.29 is 0 Å². The average molecular weight is 799 g/mol. The van der Waals surface area contributed by atoms with Gasteiger partial charge in [-0.25, -0.2) is 0 Å². The fraction of sp³-hybridized carbons (Fsp3) is 0.0159. The van der Waals surface area contributed by atoms with E-state index in [1.807, 2.05) is 0 Å². The Hall–Kier alpha value is -8.06. The second-order valence-corrected chi connectivity index (χ2v) is 16.7. The van der Waals surface area contributed by atoms with Crippen LogP contribution in [0.25, 0.3) is 88.3 Å². The lowest BCUT2D eigenvalue weighted by atomic mass is 9.67. The van der Waals surface area contributed by atoms with Gasteiger partial charge in [0.25, 0.3) is 0 Å². The first-order valence-electron chi connectivity index (χ1n) is 21.9. The Morgan fingerprint density at radius 1 is 0.206 bits per heavy atom. The number of fused-ring (bicyclic) bond motifs is 5. The first kappa shape index (κ1) is 36.8. The number of benzene rings is 11. The maximum Gasteiger partial charge on any atom is 0.0713 e. The van der Waals surface area contributed by atoms with E-state index in [1.165, 1.54) is 111 Å². The van der Waals surface area contributed by atoms with Crippen LogP contribution in [0.2, 0.25) is 0 Å². The summed E-state index contributed by atoms with van der Waals surface area (Å²) in [6.45, 7) is 0. The fourth-order valence-corrected chi connectivity index (χ4v) is 10.6. The molecule has 1 aliphatic carbocycles. The molecule has 0 aromatic heterocycles. The molecular weight excluding hydrogens is 757 g/mol. The molecule has 11 aromatic rings. The minimum absolute atomic E-state index is 0.435. The Morgan fingerprint density at radius 2 is 0.571 bits per heavy atom. The van der Waals surface area contributed by atoms with Crippen molar-refractivity contribution in [3.63, 3.8) is 0 Å². The molecular formula is C63H42. The lowest BCUT2D eigenvalue weighted by Gasteiger charge is -2.34. The smallest absolute Gasteiger partial charge is 0.0622 e. The van der Waals surface area contributed by atoms with E-state index in [1.54, 1.807) is 0 Å². The highest BCUT2D eigenvalue weighted by Crippen LogP contribution is 2.56. The summed E-state index contributed by atoms with van der Waals surface area (Å²) in [6, 6.07) is 94.1. The Labute approximate surface area is 369 Å². The number of hydrogen-bond donors (Lipinski definition) is 0. The van der Waals surface area contributed by atoms with Crippen molar-refractivity contribution in [2.24, 2.45) is 0 Å². The van der Waals surface area contributed by atoms with Gasteiger partial charge in [0.05, 0.1) is 5.41 Å². The molecule has 0 heteroatoms. The normalized spacial score (nSPS) is 12.6. The van der Waals surface area contributed by atoms with Gasteiger partial charge in [-0.2, -0.15) is 0 Å². The van der Waals surface area contributed by atoms with E-state index in [-0.39, 0.29) is 0 Å². The summed E-state index contributed by atoms with van der Waals surface area (Å²) in [4.78, 5) is 0. The highest BCUT2D eigenvalue weighted by molar-refractivity contribution is 6.22. The first-order valence-corrected chi connectivity index (χ1v) is 21.9. The van der Waals surface area contributed by atoms with Gasteiger partial charge in [0.2, 0.25) is 0 Å². The quantitative estimate of drug-likeness (QED) is 0.141. The molecule has 0 amide bonds. The van der Waals surface area contributed by atoms with E-state index in [0.717, 1.165) is 0 Å². The van der Waals surface area contributed by atoms with Crippen molar-refractivity contribution in [1.82, 2.24) is 0 Å². The van der Waals surface area contributed by atoms with Crippen molar-refractivity contribution in [2.75, 3.05) is 0 Å². The topological polar surface area (TPSA) is 0 Å². The molecule has 63 heavy (non-hydrogen) atoms. The van der Waals surface area contributed by atoms with Gasteiger partial charge in [0.15, 0.2) is 0 Å². The Morgan fingerprint density at radius 3 is 1.13 bits per heavy atom. The minimum atomic E-state index is -0.435. The van der Waals surface area contributed by atoms with E-state index in [2.05, 4.69) is 255 Å². The maximum absolute atomic E-state index is 2.44. The van der Waals surface area contributed by atoms with Gasteiger partial charge in [-0.1, -0.05) is 237 Å². The fourth-order valence-electron chi connectivity index (χ4n) is 10.6. The molecule has 0 unspecified atom stereocenters. The molecule has 0 nitrogen and oxygen atoms in total. The summed E-state index contributed by atoms with van der Waals surface area (Å²) < 4.78 is 0. The third-order valence-electron chi connectivity index (χ3n) is 13.4. The van der Waals surface area contributed by atoms with Crippen molar-refractivity contribution in [1.29, 1.82) is 0 Å².